The Morgan fingerprint density at radius 2 is 1.72 bits per heavy atom. The van der Waals surface area contributed by atoms with Gasteiger partial charge in [0.05, 0.1) is 12.3 Å². The van der Waals surface area contributed by atoms with E-state index in [0.29, 0.717) is 42.9 Å². The van der Waals surface area contributed by atoms with Crippen LogP contribution in [-0.4, -0.2) is 79.5 Å². The first-order chi connectivity index (χ1) is 15.4. The van der Waals surface area contributed by atoms with Crippen molar-refractivity contribution in [3.8, 4) is 0 Å². The first-order valence-electron chi connectivity index (χ1n) is 10.4. The molecule has 0 saturated carbocycles. The van der Waals surface area contributed by atoms with Crippen LogP contribution in [-0.2, 0) is 10.2 Å². The summed E-state index contributed by atoms with van der Waals surface area (Å²) in [4.78, 5) is 2.11. The van der Waals surface area contributed by atoms with Crippen LogP contribution >= 0.6 is 23.4 Å². The van der Waals surface area contributed by atoms with Crippen LogP contribution in [0.4, 0.5) is 0 Å². The average Bonchev–Trinajstić information content (AvgIpc) is 3.24. The second-order valence-corrected chi connectivity index (χ2v) is 10.6. The van der Waals surface area contributed by atoms with Gasteiger partial charge in [-0.25, -0.2) is 5.01 Å². The van der Waals surface area contributed by atoms with E-state index in [1.807, 2.05) is 55.8 Å². The van der Waals surface area contributed by atoms with Crippen LogP contribution in [0.5, 0.6) is 0 Å². The topological polar surface area (TPSA) is 68.6 Å². The highest BCUT2D eigenvalue weighted by Gasteiger charge is 2.33. The van der Waals surface area contributed by atoms with Gasteiger partial charge in [-0.1, -0.05) is 65.8 Å². The second-order valence-electron chi connectivity index (χ2n) is 7.80. The fraction of sp³-hybridized carbons (Fsp3) is 0.364. The number of likely N-dealkylation sites (N-methyl/N-ethyl adjacent to an activating group) is 1. The van der Waals surface area contributed by atoms with E-state index in [1.165, 1.54) is 16.1 Å². The number of halogens is 1. The zero-order valence-electron chi connectivity index (χ0n) is 18.1. The summed E-state index contributed by atoms with van der Waals surface area (Å²) >= 11 is 7.37. The highest BCUT2D eigenvalue weighted by molar-refractivity contribution is 8.13. The highest BCUT2D eigenvalue weighted by Crippen LogP contribution is 2.31. The van der Waals surface area contributed by atoms with Gasteiger partial charge in [-0.3, -0.25) is 0 Å². The smallest absolute Gasteiger partial charge is 0.304 e. The molecular weight excluding hydrogens is 466 g/mol. The first kappa shape index (κ1) is 23.3. The van der Waals surface area contributed by atoms with Crippen LogP contribution < -0.4 is 0 Å². The molecule has 0 amide bonds. The van der Waals surface area contributed by atoms with E-state index in [-0.39, 0.29) is 5.92 Å². The Morgan fingerprint density at radius 1 is 1.06 bits per heavy atom. The molecule has 32 heavy (non-hydrogen) atoms. The standard InChI is InChI=1S/C22H26ClN5O2S2/c1-26-12-14-27(15-13-26)32(29,30)25-22(31-2)28-16-20(17-6-4-3-5-7-17)21(24-28)18-8-10-19(23)11-9-18/h3-11,20H,12-16H2,1-2H3. The van der Waals surface area contributed by atoms with Gasteiger partial charge >= 0.3 is 10.2 Å². The summed E-state index contributed by atoms with van der Waals surface area (Å²) in [5.41, 5.74) is 2.94. The molecule has 2 aliphatic heterocycles. The fourth-order valence-electron chi connectivity index (χ4n) is 3.81. The molecular formula is C22H26ClN5O2S2. The monoisotopic (exact) mass is 491 g/mol. The molecule has 1 saturated heterocycles. The van der Waals surface area contributed by atoms with Crippen LogP contribution in [0.2, 0.25) is 5.02 Å². The molecule has 10 heteroatoms. The van der Waals surface area contributed by atoms with Crippen molar-refractivity contribution < 1.29 is 8.42 Å². The third-order valence-electron chi connectivity index (χ3n) is 5.64. The summed E-state index contributed by atoms with van der Waals surface area (Å²) in [6.07, 6.45) is 1.83. The predicted molar refractivity (Wildman–Crippen MR) is 133 cm³/mol. The van der Waals surface area contributed by atoms with E-state index >= 15 is 0 Å². The van der Waals surface area contributed by atoms with Crippen molar-refractivity contribution in [1.82, 2.24) is 14.2 Å². The van der Waals surface area contributed by atoms with Gasteiger partial charge < -0.3 is 4.90 Å². The third-order valence-corrected chi connectivity index (χ3v) is 8.10. The molecule has 2 aromatic carbocycles. The minimum Gasteiger partial charge on any atom is -0.304 e. The summed E-state index contributed by atoms with van der Waals surface area (Å²) in [6, 6.07) is 17.7. The van der Waals surface area contributed by atoms with Crippen LogP contribution in [0.3, 0.4) is 0 Å². The van der Waals surface area contributed by atoms with Crippen molar-refractivity contribution in [2.24, 2.45) is 9.50 Å². The number of piperazine rings is 1. The second kappa shape index (κ2) is 9.93. The molecule has 0 bridgehead atoms. The van der Waals surface area contributed by atoms with Crippen molar-refractivity contribution in [2.45, 2.75) is 5.92 Å². The van der Waals surface area contributed by atoms with Gasteiger partial charge in [0.25, 0.3) is 0 Å². The number of nitrogens with zero attached hydrogens (tertiary/aromatic N) is 5. The van der Waals surface area contributed by atoms with Crippen LogP contribution in [0.1, 0.15) is 17.0 Å². The van der Waals surface area contributed by atoms with Gasteiger partial charge in [-0.2, -0.15) is 17.8 Å². The fourth-order valence-corrected chi connectivity index (χ4v) is 5.88. The summed E-state index contributed by atoms with van der Waals surface area (Å²) in [7, 11) is -1.79. The normalized spacial score (nSPS) is 21.1. The lowest BCUT2D eigenvalue weighted by molar-refractivity contribution is 0.222. The van der Waals surface area contributed by atoms with Gasteiger partial charge in [0.15, 0.2) is 5.17 Å². The van der Waals surface area contributed by atoms with Gasteiger partial charge in [0.2, 0.25) is 0 Å². The lowest BCUT2D eigenvalue weighted by atomic mass is 9.91. The van der Waals surface area contributed by atoms with Gasteiger partial charge in [-0.05, 0) is 36.6 Å². The Bertz CT molecular complexity index is 1100. The summed E-state index contributed by atoms with van der Waals surface area (Å²) in [6.45, 7) is 2.79. The van der Waals surface area contributed by atoms with E-state index in [4.69, 9.17) is 16.7 Å². The van der Waals surface area contributed by atoms with E-state index in [9.17, 15) is 8.42 Å². The molecule has 0 aliphatic carbocycles. The zero-order valence-corrected chi connectivity index (χ0v) is 20.4. The molecule has 0 N–H and O–H groups in total. The molecule has 1 atom stereocenters. The number of hydrazone groups is 1. The first-order valence-corrected chi connectivity index (χ1v) is 13.4. The Kier molecular flexibility index (Phi) is 7.21. The number of benzene rings is 2. The number of hydrogen-bond acceptors (Lipinski definition) is 5. The SMILES string of the molecule is CSC(=NS(=O)(=O)N1CCN(C)CC1)N1CC(c2ccccc2)C(c2ccc(Cl)cc2)=N1. The Balaban J connectivity index is 1.67. The van der Waals surface area contributed by atoms with Crippen LogP contribution in [0.25, 0.3) is 0 Å². The van der Waals surface area contributed by atoms with E-state index in [1.54, 1.807) is 5.01 Å². The summed E-state index contributed by atoms with van der Waals surface area (Å²) in [5.74, 6) is -0.0129. The summed E-state index contributed by atoms with van der Waals surface area (Å²) < 4.78 is 31.6. The van der Waals surface area contributed by atoms with E-state index < -0.39 is 10.2 Å². The van der Waals surface area contributed by atoms with Crippen molar-refractivity contribution in [1.29, 1.82) is 0 Å². The van der Waals surface area contributed by atoms with Crippen LogP contribution in [0.15, 0.2) is 64.1 Å². The minimum atomic E-state index is -3.78. The lowest BCUT2D eigenvalue weighted by Gasteiger charge is -2.30. The molecule has 0 radical (unpaired) electrons. The average molecular weight is 492 g/mol. The molecule has 1 unspecified atom stereocenters. The molecule has 0 aromatic heterocycles. The van der Waals surface area contributed by atoms with Crippen LogP contribution in [0, 0.1) is 0 Å². The largest absolute Gasteiger partial charge is 0.324 e. The number of hydrogen-bond donors (Lipinski definition) is 0. The van der Waals surface area contributed by atoms with Crippen molar-refractivity contribution >= 4 is 44.5 Å². The maximum absolute atomic E-state index is 13.0. The van der Waals surface area contributed by atoms with Gasteiger partial charge in [0.1, 0.15) is 0 Å². The third kappa shape index (κ3) is 5.18. The Morgan fingerprint density at radius 3 is 2.34 bits per heavy atom. The van der Waals surface area contributed by atoms with Crippen molar-refractivity contribution in [3.05, 3.63) is 70.7 Å². The number of thioether (sulfide) groups is 1. The molecule has 170 valence electrons. The maximum atomic E-state index is 13.0. The number of amidine groups is 1. The molecule has 7 nitrogen and oxygen atoms in total. The van der Waals surface area contributed by atoms with Crippen molar-refractivity contribution in [3.63, 3.8) is 0 Å². The summed E-state index contributed by atoms with van der Waals surface area (Å²) in [5, 5.41) is 7.56. The van der Waals surface area contributed by atoms with E-state index in [0.717, 1.165) is 16.8 Å². The van der Waals surface area contributed by atoms with Crippen molar-refractivity contribution in [2.75, 3.05) is 46.0 Å². The quantitative estimate of drug-likeness (QED) is 0.484. The zero-order chi connectivity index (χ0) is 22.7. The highest BCUT2D eigenvalue weighted by atomic mass is 35.5. The molecule has 1 fully saturated rings. The Labute approximate surface area is 198 Å². The predicted octanol–water partition coefficient (Wildman–Crippen LogP) is 3.35. The number of rotatable bonds is 4. The molecule has 2 aliphatic rings. The maximum Gasteiger partial charge on any atom is 0.324 e. The molecule has 0 spiro atoms. The molecule has 2 heterocycles. The van der Waals surface area contributed by atoms with Gasteiger partial charge in [-0.15, -0.1) is 4.40 Å². The molecule has 2 aromatic rings. The van der Waals surface area contributed by atoms with Gasteiger partial charge in [0, 0.05) is 37.1 Å². The van der Waals surface area contributed by atoms with E-state index in [2.05, 4.69) is 21.4 Å². The molecule has 4 rings (SSSR count). The minimum absolute atomic E-state index is 0.0129. The Hall–Kier alpha value is -1.91. The lowest BCUT2D eigenvalue weighted by Crippen LogP contribution is -2.46.